The topological polar surface area (TPSA) is 58.7 Å². The maximum absolute atomic E-state index is 12.8. The van der Waals surface area contributed by atoms with Crippen molar-refractivity contribution in [3.8, 4) is 0 Å². The lowest BCUT2D eigenvalue weighted by Crippen LogP contribution is -2.45. The van der Waals surface area contributed by atoms with Crippen molar-refractivity contribution in [1.29, 1.82) is 0 Å². The molecule has 1 aliphatic rings. The molecule has 0 fully saturated rings. The number of aliphatic imine (C=N–C) groups is 1. The molecule has 0 spiro atoms. The first kappa shape index (κ1) is 19.7. The number of rotatable bonds is 4. The van der Waals surface area contributed by atoms with Crippen LogP contribution in [0.25, 0.3) is 0 Å². The molecule has 0 N–H and O–H groups in total. The normalized spacial score (nSPS) is 20.0. The summed E-state index contributed by atoms with van der Waals surface area (Å²) in [5, 5.41) is 2.99. The van der Waals surface area contributed by atoms with Crippen LogP contribution in [-0.4, -0.2) is 46.5 Å². The molecule has 5 nitrogen and oxygen atoms in total. The van der Waals surface area contributed by atoms with Gasteiger partial charge >= 0.3 is 11.9 Å². The van der Waals surface area contributed by atoms with Gasteiger partial charge in [-0.3, -0.25) is 4.79 Å². The number of isothiocyanates is 1. The van der Waals surface area contributed by atoms with Gasteiger partial charge < -0.3 is 4.74 Å². The van der Waals surface area contributed by atoms with E-state index in [1.165, 1.54) is 6.07 Å². The highest BCUT2D eigenvalue weighted by Gasteiger charge is 2.41. The van der Waals surface area contributed by atoms with Crippen molar-refractivity contribution >= 4 is 58.2 Å². The third-order valence-electron chi connectivity index (χ3n) is 4.03. The Morgan fingerprint density at radius 3 is 2.72 bits per heavy atom. The fourth-order valence-corrected chi connectivity index (χ4v) is 3.20. The van der Waals surface area contributed by atoms with Crippen LogP contribution in [0.3, 0.4) is 0 Å². The standard InChI is InChI=1S/C17H17Cl2N2O3S/c1-3-24-17(23)12-6-10(2)21(8-15(12)20-9-25)16(22)11-4-5-13(18)14(19)7-11/h4-5,7,12,15H,3,6,8H2,1-2H3/q+1. The van der Waals surface area contributed by atoms with Crippen LogP contribution in [0.5, 0.6) is 0 Å². The minimum Gasteiger partial charge on any atom is -0.466 e. The molecule has 1 aliphatic heterocycles. The van der Waals surface area contributed by atoms with Crippen LogP contribution in [-0.2, 0) is 9.53 Å². The minimum absolute atomic E-state index is 0.220. The Kier molecular flexibility index (Phi) is 6.85. The van der Waals surface area contributed by atoms with Crippen LogP contribution < -0.4 is 0 Å². The second-order valence-corrected chi connectivity index (χ2v) is 6.63. The Bertz CT molecular complexity index is 788. The van der Waals surface area contributed by atoms with E-state index in [2.05, 4.69) is 22.4 Å². The number of carbonyl (C=O) groups excluding carboxylic acids is 2. The molecular formula is C17H17Cl2N2O3S+. The first-order chi connectivity index (χ1) is 11.9. The minimum atomic E-state index is -0.494. The Labute approximate surface area is 161 Å². The van der Waals surface area contributed by atoms with Gasteiger partial charge in [-0.05, 0) is 37.3 Å². The highest BCUT2D eigenvalue weighted by molar-refractivity contribution is 7.78. The van der Waals surface area contributed by atoms with Crippen LogP contribution in [0, 0.1) is 5.92 Å². The third kappa shape index (κ3) is 4.53. The Balaban J connectivity index is 2.35. The number of thiocarbonyl (C=S) groups is 1. The van der Waals surface area contributed by atoms with Crippen molar-refractivity contribution in [2.45, 2.75) is 26.3 Å². The summed E-state index contributed by atoms with van der Waals surface area (Å²) in [5.74, 6) is -1.06. The van der Waals surface area contributed by atoms with Crippen LogP contribution in [0.2, 0.25) is 10.0 Å². The first-order valence-electron chi connectivity index (χ1n) is 7.72. The van der Waals surface area contributed by atoms with Gasteiger partial charge in [-0.2, -0.15) is 4.58 Å². The van der Waals surface area contributed by atoms with E-state index in [9.17, 15) is 9.59 Å². The van der Waals surface area contributed by atoms with Crippen molar-refractivity contribution in [3.05, 3.63) is 33.8 Å². The largest absolute Gasteiger partial charge is 0.466 e. The van der Waals surface area contributed by atoms with E-state index < -0.39 is 12.0 Å². The van der Waals surface area contributed by atoms with Gasteiger partial charge in [0.15, 0.2) is 12.3 Å². The Hall–Kier alpha value is -1.59. The summed E-state index contributed by atoms with van der Waals surface area (Å²) in [7, 11) is 0. The molecule has 1 aromatic carbocycles. The summed E-state index contributed by atoms with van der Waals surface area (Å²) in [4.78, 5) is 29.1. The number of amides is 1. The lowest BCUT2D eigenvalue weighted by molar-refractivity contribution is -0.440. The number of esters is 1. The van der Waals surface area contributed by atoms with Gasteiger partial charge in [0.25, 0.3) is 0 Å². The van der Waals surface area contributed by atoms with Gasteiger partial charge in [0.1, 0.15) is 6.04 Å². The third-order valence-corrected chi connectivity index (χ3v) is 4.87. The Morgan fingerprint density at radius 2 is 2.12 bits per heavy atom. The number of carbonyl (C=O) groups is 2. The molecule has 0 aliphatic carbocycles. The zero-order chi connectivity index (χ0) is 18.6. The van der Waals surface area contributed by atoms with Gasteiger partial charge in [0.05, 0.1) is 33.3 Å². The van der Waals surface area contributed by atoms with Crippen LogP contribution >= 0.6 is 35.4 Å². The van der Waals surface area contributed by atoms with E-state index in [-0.39, 0.29) is 25.0 Å². The molecule has 0 saturated carbocycles. The molecule has 2 unspecified atom stereocenters. The van der Waals surface area contributed by atoms with Crippen molar-refractivity contribution < 1.29 is 18.9 Å². The van der Waals surface area contributed by atoms with Gasteiger partial charge in [-0.1, -0.05) is 23.2 Å². The van der Waals surface area contributed by atoms with Gasteiger partial charge in [0.2, 0.25) is 0 Å². The van der Waals surface area contributed by atoms with E-state index in [4.69, 9.17) is 27.9 Å². The summed E-state index contributed by atoms with van der Waals surface area (Å²) in [6.07, 6.45) is 0.358. The molecule has 25 heavy (non-hydrogen) atoms. The van der Waals surface area contributed by atoms with E-state index in [0.29, 0.717) is 22.0 Å². The predicted molar refractivity (Wildman–Crippen MR) is 100 cm³/mol. The second-order valence-electron chi connectivity index (χ2n) is 5.63. The lowest BCUT2D eigenvalue weighted by atomic mass is 9.90. The number of ether oxygens (including phenoxy) is 1. The van der Waals surface area contributed by atoms with E-state index in [0.717, 1.165) is 5.71 Å². The maximum atomic E-state index is 12.8. The zero-order valence-electron chi connectivity index (χ0n) is 13.8. The van der Waals surface area contributed by atoms with E-state index in [1.807, 2.05) is 0 Å². The van der Waals surface area contributed by atoms with Crippen molar-refractivity contribution in [2.24, 2.45) is 10.9 Å². The highest BCUT2D eigenvalue weighted by Crippen LogP contribution is 2.25. The number of hydrogen-bond donors (Lipinski definition) is 0. The number of benzene rings is 1. The quantitative estimate of drug-likeness (QED) is 0.335. The number of hydrogen-bond acceptors (Lipinski definition) is 5. The van der Waals surface area contributed by atoms with Gasteiger partial charge in [-0.15, -0.1) is 0 Å². The molecule has 1 amide bonds. The molecule has 2 rings (SSSR count). The van der Waals surface area contributed by atoms with Gasteiger partial charge in [0, 0.05) is 13.3 Å². The smallest absolute Gasteiger partial charge is 0.419 e. The average molecular weight is 400 g/mol. The lowest BCUT2D eigenvalue weighted by Gasteiger charge is -2.24. The molecule has 2 atom stereocenters. The van der Waals surface area contributed by atoms with Gasteiger partial charge in [-0.25, -0.2) is 9.79 Å². The van der Waals surface area contributed by atoms with Crippen LogP contribution in [0.4, 0.5) is 0 Å². The van der Waals surface area contributed by atoms with Crippen LogP contribution in [0.1, 0.15) is 30.6 Å². The van der Waals surface area contributed by atoms with Crippen LogP contribution in [0.15, 0.2) is 23.2 Å². The molecule has 0 saturated heterocycles. The number of halogens is 2. The molecule has 8 heteroatoms. The average Bonchev–Trinajstić information content (AvgIpc) is 2.58. The van der Waals surface area contributed by atoms with Crippen molar-refractivity contribution in [3.63, 3.8) is 0 Å². The predicted octanol–water partition coefficient (Wildman–Crippen LogP) is 3.66. The van der Waals surface area contributed by atoms with Crippen molar-refractivity contribution in [1.82, 2.24) is 0 Å². The molecule has 0 bridgehead atoms. The summed E-state index contributed by atoms with van der Waals surface area (Å²) in [6.45, 7) is 4.06. The molecule has 0 aromatic heterocycles. The monoisotopic (exact) mass is 399 g/mol. The second kappa shape index (κ2) is 8.68. The molecular weight excluding hydrogens is 383 g/mol. The highest BCUT2D eigenvalue weighted by atomic mass is 35.5. The summed E-state index contributed by atoms with van der Waals surface area (Å²) >= 11 is 16.6. The summed E-state index contributed by atoms with van der Waals surface area (Å²) < 4.78 is 6.69. The Morgan fingerprint density at radius 1 is 1.40 bits per heavy atom. The fraction of sp³-hybridized carbons (Fsp3) is 0.412. The maximum Gasteiger partial charge on any atom is 0.419 e. The number of nitrogens with zero attached hydrogens (tertiary/aromatic N) is 2. The summed E-state index contributed by atoms with van der Waals surface area (Å²) in [5.41, 5.74) is 1.17. The fourth-order valence-electron chi connectivity index (χ4n) is 2.76. The molecule has 1 aromatic rings. The molecule has 0 radical (unpaired) electrons. The SMILES string of the molecule is CCOC(=O)C1CC(C)=[N+](C(=O)c2ccc(Cl)c(Cl)c2)CC1N=C=S. The first-order valence-corrected chi connectivity index (χ1v) is 8.88. The van der Waals surface area contributed by atoms with Crippen molar-refractivity contribution in [2.75, 3.05) is 13.2 Å². The molecule has 132 valence electrons. The van der Waals surface area contributed by atoms with E-state index >= 15 is 0 Å². The summed E-state index contributed by atoms with van der Waals surface area (Å²) in [6, 6.07) is 4.21. The zero-order valence-corrected chi connectivity index (χ0v) is 16.1. The van der Waals surface area contributed by atoms with E-state index in [1.54, 1.807) is 30.6 Å². The molecule has 1 heterocycles.